The van der Waals surface area contributed by atoms with E-state index < -0.39 is 0 Å². The Labute approximate surface area is 174 Å². The highest BCUT2D eigenvalue weighted by atomic mass is 16.5. The zero-order chi connectivity index (χ0) is 20.3. The number of methoxy groups -OCH3 is 1. The first kappa shape index (κ1) is 21.3. The summed E-state index contributed by atoms with van der Waals surface area (Å²) < 4.78 is 7.29. The Hall–Kier alpha value is -2.41. The molecule has 0 saturated carbocycles. The van der Waals surface area contributed by atoms with Gasteiger partial charge in [-0.1, -0.05) is 37.3 Å². The number of guanidine groups is 1. The number of benzene rings is 1. The van der Waals surface area contributed by atoms with Crippen molar-refractivity contribution in [3.8, 4) is 0 Å². The second-order valence-electron chi connectivity index (χ2n) is 7.54. The maximum absolute atomic E-state index is 5.18. The van der Waals surface area contributed by atoms with Gasteiger partial charge in [0.25, 0.3) is 0 Å². The number of nitrogens with one attached hydrogen (secondary N) is 1. The molecule has 0 bridgehead atoms. The largest absolute Gasteiger partial charge is 0.383 e. The standard InChI is InChI=1S/C22H34N6O/c1-3-21-26-25-18-28(21)15-11-23-22(24-12-16-29-2)27-13-9-20(10-14-27)17-19-7-5-4-6-8-19/h4-8,18,20H,3,9-17H2,1-2H3,(H,23,24). The number of rotatable bonds is 9. The van der Waals surface area contributed by atoms with Gasteiger partial charge in [-0.05, 0) is 30.7 Å². The smallest absolute Gasteiger partial charge is 0.194 e. The first-order valence-electron chi connectivity index (χ1n) is 10.7. The molecule has 2 aromatic rings. The Balaban J connectivity index is 1.51. The van der Waals surface area contributed by atoms with Gasteiger partial charge in [0.05, 0.1) is 13.2 Å². The van der Waals surface area contributed by atoms with Gasteiger partial charge in [0, 0.05) is 39.7 Å². The molecule has 7 nitrogen and oxygen atoms in total. The summed E-state index contributed by atoms with van der Waals surface area (Å²) in [4.78, 5) is 7.17. The number of aryl methyl sites for hydroxylation is 1. The normalized spacial score (nSPS) is 15.7. The van der Waals surface area contributed by atoms with Gasteiger partial charge in [-0.15, -0.1) is 10.2 Å². The molecule has 29 heavy (non-hydrogen) atoms. The summed E-state index contributed by atoms with van der Waals surface area (Å²) in [5.41, 5.74) is 1.44. The molecule has 1 aromatic heterocycles. The quantitative estimate of drug-likeness (QED) is 0.399. The molecule has 7 heteroatoms. The Morgan fingerprint density at radius 3 is 2.76 bits per heavy atom. The fourth-order valence-corrected chi connectivity index (χ4v) is 3.83. The minimum atomic E-state index is 0.640. The van der Waals surface area contributed by atoms with Crippen LogP contribution in [0.3, 0.4) is 0 Å². The number of aliphatic imine (C=N–C) groups is 1. The Kier molecular flexibility index (Phi) is 8.49. The highest BCUT2D eigenvalue weighted by Gasteiger charge is 2.21. The summed E-state index contributed by atoms with van der Waals surface area (Å²) >= 11 is 0. The van der Waals surface area contributed by atoms with Gasteiger partial charge < -0.3 is 19.5 Å². The zero-order valence-electron chi connectivity index (χ0n) is 17.8. The van der Waals surface area contributed by atoms with Crippen molar-refractivity contribution in [1.29, 1.82) is 0 Å². The lowest BCUT2D eigenvalue weighted by atomic mass is 9.90. The topological polar surface area (TPSA) is 67.6 Å². The van der Waals surface area contributed by atoms with Crippen LogP contribution in [0.4, 0.5) is 0 Å². The summed E-state index contributed by atoms with van der Waals surface area (Å²) in [7, 11) is 1.72. The van der Waals surface area contributed by atoms with Crippen LogP contribution in [0.2, 0.25) is 0 Å². The number of hydrogen-bond donors (Lipinski definition) is 1. The van der Waals surface area contributed by atoms with Crippen molar-refractivity contribution in [1.82, 2.24) is 25.0 Å². The summed E-state index contributed by atoms with van der Waals surface area (Å²) in [6.07, 6.45) is 6.27. The average molecular weight is 399 g/mol. The van der Waals surface area contributed by atoms with Crippen molar-refractivity contribution in [3.63, 3.8) is 0 Å². The molecule has 1 fully saturated rings. The van der Waals surface area contributed by atoms with Gasteiger partial charge in [-0.25, -0.2) is 0 Å². The lowest BCUT2D eigenvalue weighted by Gasteiger charge is -2.34. The summed E-state index contributed by atoms with van der Waals surface area (Å²) in [5, 5.41) is 11.7. The van der Waals surface area contributed by atoms with Crippen molar-refractivity contribution >= 4 is 5.96 Å². The van der Waals surface area contributed by atoms with E-state index in [0.717, 1.165) is 50.3 Å². The van der Waals surface area contributed by atoms with E-state index in [1.54, 1.807) is 13.4 Å². The Morgan fingerprint density at radius 2 is 2.03 bits per heavy atom. The van der Waals surface area contributed by atoms with Crippen molar-refractivity contribution in [2.75, 3.05) is 39.9 Å². The minimum Gasteiger partial charge on any atom is -0.383 e. The number of hydrogen-bond acceptors (Lipinski definition) is 4. The first-order chi connectivity index (χ1) is 14.3. The monoisotopic (exact) mass is 398 g/mol. The SMILES string of the molecule is CCc1nncn1CCNC(=NCCOC)N1CCC(Cc2ccccc2)CC1. The highest BCUT2D eigenvalue weighted by Crippen LogP contribution is 2.21. The molecule has 0 unspecified atom stereocenters. The molecule has 2 heterocycles. The summed E-state index contributed by atoms with van der Waals surface area (Å²) in [6, 6.07) is 10.8. The molecule has 1 aliphatic heterocycles. The van der Waals surface area contributed by atoms with Gasteiger partial charge in [0.15, 0.2) is 5.96 Å². The van der Waals surface area contributed by atoms with E-state index in [2.05, 4.69) is 62.2 Å². The van der Waals surface area contributed by atoms with E-state index in [9.17, 15) is 0 Å². The fraction of sp³-hybridized carbons (Fsp3) is 0.591. The molecule has 0 atom stereocenters. The molecule has 0 radical (unpaired) electrons. The molecule has 1 aromatic carbocycles. The van der Waals surface area contributed by atoms with Crippen LogP contribution in [0.15, 0.2) is 41.7 Å². The van der Waals surface area contributed by atoms with Crippen LogP contribution in [-0.2, 0) is 24.1 Å². The minimum absolute atomic E-state index is 0.640. The Bertz CT molecular complexity index is 737. The van der Waals surface area contributed by atoms with Crippen molar-refractivity contribution < 1.29 is 4.74 Å². The maximum Gasteiger partial charge on any atom is 0.194 e. The third-order valence-electron chi connectivity index (χ3n) is 5.49. The summed E-state index contributed by atoms with van der Waals surface area (Å²) in [6.45, 7) is 7.15. The van der Waals surface area contributed by atoms with E-state index in [1.165, 1.54) is 24.8 Å². The summed E-state index contributed by atoms with van der Waals surface area (Å²) in [5.74, 6) is 2.76. The predicted octanol–water partition coefficient (Wildman–Crippen LogP) is 2.39. The highest BCUT2D eigenvalue weighted by molar-refractivity contribution is 5.80. The van der Waals surface area contributed by atoms with Crippen molar-refractivity contribution in [3.05, 3.63) is 48.0 Å². The third-order valence-corrected chi connectivity index (χ3v) is 5.49. The average Bonchev–Trinajstić information content (AvgIpc) is 3.22. The van der Waals surface area contributed by atoms with Crippen LogP contribution in [-0.4, -0.2) is 65.5 Å². The molecule has 1 N–H and O–H groups in total. The lowest BCUT2D eigenvalue weighted by molar-refractivity contribution is 0.206. The number of aromatic nitrogens is 3. The van der Waals surface area contributed by atoms with E-state index in [4.69, 9.17) is 9.73 Å². The van der Waals surface area contributed by atoms with Crippen LogP contribution >= 0.6 is 0 Å². The second kappa shape index (κ2) is 11.6. The van der Waals surface area contributed by atoms with Crippen LogP contribution in [0, 0.1) is 5.92 Å². The predicted molar refractivity (Wildman–Crippen MR) is 116 cm³/mol. The number of likely N-dealkylation sites (tertiary alicyclic amines) is 1. The van der Waals surface area contributed by atoms with Crippen LogP contribution < -0.4 is 5.32 Å². The maximum atomic E-state index is 5.18. The molecular formula is C22H34N6O. The third kappa shape index (κ3) is 6.56. The molecule has 158 valence electrons. The van der Waals surface area contributed by atoms with Crippen LogP contribution in [0.25, 0.3) is 0 Å². The van der Waals surface area contributed by atoms with E-state index in [-0.39, 0.29) is 0 Å². The van der Waals surface area contributed by atoms with E-state index in [0.29, 0.717) is 13.2 Å². The Morgan fingerprint density at radius 1 is 1.24 bits per heavy atom. The van der Waals surface area contributed by atoms with Crippen LogP contribution in [0.5, 0.6) is 0 Å². The van der Waals surface area contributed by atoms with Gasteiger partial charge in [0.1, 0.15) is 12.2 Å². The fourth-order valence-electron chi connectivity index (χ4n) is 3.83. The van der Waals surface area contributed by atoms with Crippen molar-refractivity contribution in [2.24, 2.45) is 10.9 Å². The van der Waals surface area contributed by atoms with Gasteiger partial charge in [0.2, 0.25) is 0 Å². The van der Waals surface area contributed by atoms with Gasteiger partial charge in [-0.2, -0.15) is 0 Å². The van der Waals surface area contributed by atoms with E-state index >= 15 is 0 Å². The molecule has 0 spiro atoms. The molecular weight excluding hydrogens is 364 g/mol. The molecule has 3 rings (SSSR count). The molecule has 1 saturated heterocycles. The van der Waals surface area contributed by atoms with Gasteiger partial charge in [-0.3, -0.25) is 4.99 Å². The van der Waals surface area contributed by atoms with Crippen molar-refractivity contribution in [2.45, 2.75) is 39.2 Å². The van der Waals surface area contributed by atoms with E-state index in [1.807, 2.05) is 0 Å². The zero-order valence-corrected chi connectivity index (χ0v) is 17.8. The molecule has 0 aliphatic carbocycles. The lowest BCUT2D eigenvalue weighted by Crippen LogP contribution is -2.46. The number of piperidine rings is 1. The first-order valence-corrected chi connectivity index (χ1v) is 10.7. The molecule has 1 aliphatic rings. The number of ether oxygens (including phenoxy) is 1. The molecule has 0 amide bonds. The van der Waals surface area contributed by atoms with Gasteiger partial charge >= 0.3 is 0 Å². The second-order valence-corrected chi connectivity index (χ2v) is 7.54. The number of nitrogens with zero attached hydrogens (tertiary/aromatic N) is 5. The van der Waals surface area contributed by atoms with Crippen LogP contribution in [0.1, 0.15) is 31.2 Å².